The van der Waals surface area contributed by atoms with Crippen LogP contribution in [0.1, 0.15) is 11.8 Å². The number of hydrogen-bond acceptors (Lipinski definition) is 6. The van der Waals surface area contributed by atoms with Crippen LogP contribution < -0.4 is 16.0 Å². The smallest absolute Gasteiger partial charge is 0.223 e. The number of anilines is 3. The van der Waals surface area contributed by atoms with Crippen molar-refractivity contribution in [1.82, 2.24) is 9.97 Å². The topological polar surface area (TPSA) is 67.1 Å². The number of hydrogen-bond donors (Lipinski definition) is 2. The van der Waals surface area contributed by atoms with Crippen molar-refractivity contribution in [3.63, 3.8) is 0 Å². The molecule has 5 nitrogen and oxygen atoms in total. The Balaban J connectivity index is 2.15. The molecule has 102 valence electrons. The van der Waals surface area contributed by atoms with Crippen LogP contribution in [0, 0.1) is 0 Å². The van der Waals surface area contributed by atoms with Crippen molar-refractivity contribution in [2.24, 2.45) is 0 Å². The number of nitrogens with two attached hydrogens (primary N) is 1. The molecule has 0 saturated heterocycles. The molecule has 0 aliphatic carbocycles. The van der Waals surface area contributed by atoms with Gasteiger partial charge in [-0.3, -0.25) is 0 Å². The molecule has 0 fully saturated rings. The highest BCUT2D eigenvalue weighted by Crippen LogP contribution is 2.23. The molecule has 0 unspecified atom stereocenters. The van der Waals surface area contributed by atoms with E-state index in [1.165, 1.54) is 4.88 Å². The lowest BCUT2D eigenvalue weighted by molar-refractivity contribution is 0.907. The lowest BCUT2D eigenvalue weighted by Crippen LogP contribution is -2.18. The zero-order chi connectivity index (χ0) is 13.8. The van der Waals surface area contributed by atoms with Crippen LogP contribution in [-0.2, 0) is 6.54 Å². The first-order valence-electron chi connectivity index (χ1n) is 5.91. The van der Waals surface area contributed by atoms with Crippen LogP contribution in [0.4, 0.5) is 17.6 Å². The van der Waals surface area contributed by atoms with Crippen LogP contribution in [0.2, 0.25) is 0 Å². The first kappa shape index (κ1) is 14.1. The van der Waals surface area contributed by atoms with Gasteiger partial charge in [-0.15, -0.1) is 11.3 Å². The summed E-state index contributed by atoms with van der Waals surface area (Å²) >= 11 is 5.17. The number of rotatable bonds is 5. The van der Waals surface area contributed by atoms with Crippen LogP contribution in [-0.4, -0.2) is 23.6 Å². The van der Waals surface area contributed by atoms with Gasteiger partial charge in [-0.05, 0) is 28.9 Å². The first-order valence-corrected chi connectivity index (χ1v) is 7.58. The van der Waals surface area contributed by atoms with Gasteiger partial charge in [-0.25, -0.2) is 0 Å². The molecule has 2 aromatic rings. The summed E-state index contributed by atoms with van der Waals surface area (Å²) in [4.78, 5) is 11.7. The maximum absolute atomic E-state index is 5.73. The van der Waals surface area contributed by atoms with Crippen molar-refractivity contribution < 1.29 is 0 Å². The Bertz CT molecular complexity index is 557. The maximum atomic E-state index is 5.73. The van der Waals surface area contributed by atoms with Gasteiger partial charge in [0.15, 0.2) is 0 Å². The molecule has 0 radical (unpaired) electrons. The second kappa shape index (κ2) is 6.21. The molecule has 7 heteroatoms. The van der Waals surface area contributed by atoms with Crippen molar-refractivity contribution >= 4 is 44.9 Å². The van der Waals surface area contributed by atoms with Gasteiger partial charge in [-0.1, -0.05) is 0 Å². The fourth-order valence-corrected chi connectivity index (χ4v) is 3.17. The third-order valence-electron chi connectivity index (χ3n) is 2.49. The van der Waals surface area contributed by atoms with E-state index in [-0.39, 0.29) is 5.95 Å². The molecule has 0 amide bonds. The fourth-order valence-electron chi connectivity index (χ4n) is 1.67. The molecule has 2 aromatic heterocycles. The Morgan fingerprint density at radius 2 is 2.21 bits per heavy atom. The number of halogens is 1. The standard InChI is InChI=1S/C12H16BrN5S/c1-3-15-10-5-11(17-12(14)16-10)18(2)6-9-4-8(13)7-19-9/h4-5,7H,3,6H2,1-2H3,(H3,14,15,16,17). The number of nitrogens with zero attached hydrogens (tertiary/aromatic N) is 3. The van der Waals surface area contributed by atoms with E-state index in [9.17, 15) is 0 Å². The van der Waals surface area contributed by atoms with Gasteiger partial charge in [0.05, 0.1) is 6.54 Å². The summed E-state index contributed by atoms with van der Waals surface area (Å²) in [6, 6.07) is 4.01. The monoisotopic (exact) mass is 341 g/mol. The Morgan fingerprint density at radius 3 is 2.84 bits per heavy atom. The van der Waals surface area contributed by atoms with Gasteiger partial charge < -0.3 is 16.0 Å². The van der Waals surface area contributed by atoms with Gasteiger partial charge >= 0.3 is 0 Å². The average molecular weight is 342 g/mol. The summed E-state index contributed by atoms with van der Waals surface area (Å²) in [6.45, 7) is 3.61. The minimum absolute atomic E-state index is 0.285. The van der Waals surface area contributed by atoms with E-state index in [4.69, 9.17) is 5.73 Å². The number of nitrogens with one attached hydrogen (secondary N) is 1. The minimum Gasteiger partial charge on any atom is -0.370 e. The SMILES string of the molecule is CCNc1cc(N(C)Cc2cc(Br)cs2)nc(N)n1. The Labute approximate surface area is 125 Å². The molecule has 0 spiro atoms. The molecule has 0 aromatic carbocycles. The predicted octanol–water partition coefficient (Wildman–Crippen LogP) is 2.95. The molecular formula is C12H16BrN5S. The highest BCUT2D eigenvalue weighted by atomic mass is 79.9. The predicted molar refractivity (Wildman–Crippen MR) is 84.7 cm³/mol. The Kier molecular flexibility index (Phi) is 4.60. The van der Waals surface area contributed by atoms with Crippen molar-refractivity contribution in [3.8, 4) is 0 Å². The zero-order valence-electron chi connectivity index (χ0n) is 10.9. The molecule has 19 heavy (non-hydrogen) atoms. The Morgan fingerprint density at radius 1 is 1.42 bits per heavy atom. The number of aromatic nitrogens is 2. The van der Waals surface area contributed by atoms with Crippen LogP contribution in [0.25, 0.3) is 0 Å². The molecule has 0 saturated carbocycles. The molecule has 0 bridgehead atoms. The van der Waals surface area contributed by atoms with Crippen LogP contribution in [0.15, 0.2) is 22.0 Å². The van der Waals surface area contributed by atoms with Gasteiger partial charge in [0.1, 0.15) is 11.6 Å². The number of nitrogen functional groups attached to an aromatic ring is 1. The van der Waals surface area contributed by atoms with E-state index in [0.29, 0.717) is 0 Å². The number of thiophene rings is 1. The molecule has 0 aliphatic heterocycles. The lowest BCUT2D eigenvalue weighted by atomic mass is 10.4. The van der Waals surface area contributed by atoms with Gasteiger partial charge in [0.2, 0.25) is 5.95 Å². The molecule has 0 aliphatic rings. The Hall–Kier alpha value is -1.34. The second-order valence-corrected chi connectivity index (χ2v) is 6.00. The lowest BCUT2D eigenvalue weighted by Gasteiger charge is -2.18. The minimum atomic E-state index is 0.285. The molecule has 3 N–H and O–H groups in total. The van der Waals surface area contributed by atoms with Crippen LogP contribution >= 0.6 is 27.3 Å². The highest BCUT2D eigenvalue weighted by molar-refractivity contribution is 9.10. The third kappa shape index (κ3) is 3.81. The third-order valence-corrected chi connectivity index (χ3v) is 4.18. The van der Waals surface area contributed by atoms with Crippen LogP contribution in [0.5, 0.6) is 0 Å². The van der Waals surface area contributed by atoms with Crippen molar-refractivity contribution in [2.75, 3.05) is 29.5 Å². The van der Waals surface area contributed by atoms with Gasteiger partial charge in [0.25, 0.3) is 0 Å². The highest BCUT2D eigenvalue weighted by Gasteiger charge is 2.08. The van der Waals surface area contributed by atoms with E-state index < -0.39 is 0 Å². The van der Waals surface area contributed by atoms with E-state index in [2.05, 4.69) is 47.6 Å². The molecular weight excluding hydrogens is 326 g/mol. The fraction of sp³-hybridized carbons (Fsp3) is 0.333. The molecule has 0 atom stereocenters. The summed E-state index contributed by atoms with van der Waals surface area (Å²) in [5.41, 5.74) is 5.73. The van der Waals surface area contributed by atoms with Crippen molar-refractivity contribution in [1.29, 1.82) is 0 Å². The maximum Gasteiger partial charge on any atom is 0.223 e. The largest absolute Gasteiger partial charge is 0.370 e. The summed E-state index contributed by atoms with van der Waals surface area (Å²) in [5, 5.41) is 5.22. The molecule has 2 rings (SSSR count). The zero-order valence-corrected chi connectivity index (χ0v) is 13.3. The average Bonchev–Trinajstić information content (AvgIpc) is 2.74. The summed E-state index contributed by atoms with van der Waals surface area (Å²) < 4.78 is 1.11. The van der Waals surface area contributed by atoms with Gasteiger partial charge in [-0.2, -0.15) is 9.97 Å². The summed E-state index contributed by atoms with van der Waals surface area (Å²) in [6.07, 6.45) is 0. The summed E-state index contributed by atoms with van der Waals surface area (Å²) in [7, 11) is 1.99. The van der Waals surface area contributed by atoms with E-state index in [1.807, 2.05) is 20.0 Å². The van der Waals surface area contributed by atoms with E-state index >= 15 is 0 Å². The summed E-state index contributed by atoms with van der Waals surface area (Å²) in [5.74, 6) is 1.85. The van der Waals surface area contributed by atoms with Gasteiger partial charge in [0, 0.05) is 34.4 Å². The van der Waals surface area contributed by atoms with Crippen molar-refractivity contribution in [2.45, 2.75) is 13.5 Å². The quantitative estimate of drug-likeness (QED) is 0.875. The van der Waals surface area contributed by atoms with Crippen LogP contribution in [0.3, 0.4) is 0 Å². The second-order valence-electron chi connectivity index (χ2n) is 4.09. The van der Waals surface area contributed by atoms with Crippen molar-refractivity contribution in [3.05, 3.63) is 26.9 Å². The molecule has 2 heterocycles. The van der Waals surface area contributed by atoms with E-state index in [1.54, 1.807) is 11.3 Å². The first-order chi connectivity index (χ1) is 9.08. The normalized spacial score (nSPS) is 10.5. The van der Waals surface area contributed by atoms with E-state index in [0.717, 1.165) is 29.2 Å².